The molecule has 0 saturated heterocycles. The SMILES string of the molecule is Cc1cccc(N[C@H](C)c2nc3ccccc3n2C(F)F)c1C. The molecule has 0 saturated carbocycles. The number of aromatic nitrogens is 2. The van der Waals surface area contributed by atoms with Crippen LogP contribution in [-0.2, 0) is 0 Å². The smallest absolute Gasteiger partial charge is 0.320 e. The molecule has 1 N–H and O–H groups in total. The van der Waals surface area contributed by atoms with E-state index in [0.717, 1.165) is 21.4 Å². The molecular formula is C18H19F2N3. The number of nitrogens with zero attached hydrogens (tertiary/aromatic N) is 2. The predicted molar refractivity (Wildman–Crippen MR) is 88.9 cm³/mol. The molecule has 0 spiro atoms. The summed E-state index contributed by atoms with van der Waals surface area (Å²) in [6.45, 7) is 3.27. The van der Waals surface area contributed by atoms with E-state index in [1.807, 2.05) is 39.0 Å². The molecule has 23 heavy (non-hydrogen) atoms. The third-order valence-electron chi connectivity index (χ3n) is 4.18. The van der Waals surface area contributed by atoms with Gasteiger partial charge in [-0.25, -0.2) is 4.98 Å². The molecule has 1 heterocycles. The summed E-state index contributed by atoms with van der Waals surface area (Å²) in [5.41, 5.74) is 4.23. The predicted octanol–water partition coefficient (Wildman–Crippen LogP) is 5.22. The molecule has 1 aromatic heterocycles. The fourth-order valence-corrected chi connectivity index (χ4v) is 2.78. The second kappa shape index (κ2) is 5.99. The summed E-state index contributed by atoms with van der Waals surface area (Å²) in [5, 5.41) is 3.31. The molecule has 0 bridgehead atoms. The first kappa shape index (κ1) is 15.5. The van der Waals surface area contributed by atoms with Crippen molar-refractivity contribution in [3.63, 3.8) is 0 Å². The van der Waals surface area contributed by atoms with E-state index in [1.54, 1.807) is 24.3 Å². The van der Waals surface area contributed by atoms with Gasteiger partial charge in [0.05, 0.1) is 17.1 Å². The molecule has 0 radical (unpaired) electrons. The van der Waals surface area contributed by atoms with Crippen molar-refractivity contribution in [2.24, 2.45) is 0 Å². The summed E-state index contributed by atoms with van der Waals surface area (Å²) >= 11 is 0. The third kappa shape index (κ3) is 2.79. The van der Waals surface area contributed by atoms with Gasteiger partial charge < -0.3 is 5.32 Å². The number of halogens is 2. The van der Waals surface area contributed by atoms with Gasteiger partial charge in [-0.15, -0.1) is 0 Å². The topological polar surface area (TPSA) is 29.9 Å². The van der Waals surface area contributed by atoms with Gasteiger partial charge in [0.2, 0.25) is 0 Å². The number of hydrogen-bond donors (Lipinski definition) is 1. The van der Waals surface area contributed by atoms with Crippen molar-refractivity contribution in [2.75, 3.05) is 5.32 Å². The summed E-state index contributed by atoms with van der Waals surface area (Å²) in [5.74, 6) is 0.335. The van der Waals surface area contributed by atoms with Gasteiger partial charge in [0.25, 0.3) is 0 Å². The van der Waals surface area contributed by atoms with Gasteiger partial charge >= 0.3 is 6.55 Å². The number of nitrogens with one attached hydrogen (secondary N) is 1. The van der Waals surface area contributed by atoms with Crippen molar-refractivity contribution in [1.82, 2.24) is 9.55 Å². The van der Waals surface area contributed by atoms with Crippen LogP contribution in [0.1, 0.15) is 36.5 Å². The van der Waals surface area contributed by atoms with E-state index < -0.39 is 6.55 Å². The van der Waals surface area contributed by atoms with Gasteiger partial charge in [-0.2, -0.15) is 8.78 Å². The largest absolute Gasteiger partial charge is 0.375 e. The summed E-state index contributed by atoms with van der Waals surface area (Å²) < 4.78 is 28.1. The molecule has 0 fully saturated rings. The number of anilines is 1. The van der Waals surface area contributed by atoms with Crippen LogP contribution in [0.2, 0.25) is 0 Å². The average Bonchev–Trinajstić information content (AvgIpc) is 2.91. The minimum atomic E-state index is -2.62. The van der Waals surface area contributed by atoms with Gasteiger partial charge in [-0.05, 0) is 50.1 Å². The molecule has 2 aromatic carbocycles. The maximum atomic E-state index is 13.5. The summed E-state index contributed by atoms with van der Waals surface area (Å²) in [6.07, 6.45) is 0. The summed E-state index contributed by atoms with van der Waals surface area (Å²) in [7, 11) is 0. The van der Waals surface area contributed by atoms with Gasteiger partial charge in [-0.1, -0.05) is 24.3 Å². The van der Waals surface area contributed by atoms with Crippen LogP contribution >= 0.6 is 0 Å². The minimum Gasteiger partial charge on any atom is -0.375 e. The van der Waals surface area contributed by atoms with Crippen molar-refractivity contribution in [2.45, 2.75) is 33.4 Å². The van der Waals surface area contributed by atoms with Crippen LogP contribution in [0, 0.1) is 13.8 Å². The van der Waals surface area contributed by atoms with Crippen LogP contribution in [0.25, 0.3) is 11.0 Å². The van der Waals surface area contributed by atoms with Crippen LogP contribution in [0.4, 0.5) is 14.5 Å². The van der Waals surface area contributed by atoms with Crippen LogP contribution < -0.4 is 5.32 Å². The fraction of sp³-hybridized carbons (Fsp3) is 0.278. The first-order valence-electron chi connectivity index (χ1n) is 7.57. The zero-order valence-electron chi connectivity index (χ0n) is 13.3. The molecule has 0 aliphatic carbocycles. The highest BCUT2D eigenvalue weighted by atomic mass is 19.3. The van der Waals surface area contributed by atoms with E-state index >= 15 is 0 Å². The molecule has 3 nitrogen and oxygen atoms in total. The summed E-state index contributed by atoms with van der Waals surface area (Å²) in [6, 6.07) is 12.6. The van der Waals surface area contributed by atoms with Crippen molar-refractivity contribution < 1.29 is 8.78 Å². The third-order valence-corrected chi connectivity index (χ3v) is 4.18. The number of alkyl halides is 2. The lowest BCUT2D eigenvalue weighted by Gasteiger charge is -2.19. The average molecular weight is 315 g/mol. The number of hydrogen-bond acceptors (Lipinski definition) is 2. The minimum absolute atomic E-state index is 0.335. The first-order valence-corrected chi connectivity index (χ1v) is 7.57. The number of aryl methyl sites for hydroxylation is 1. The second-order valence-corrected chi connectivity index (χ2v) is 5.72. The highest BCUT2D eigenvalue weighted by Crippen LogP contribution is 2.29. The van der Waals surface area contributed by atoms with Gasteiger partial charge in [0, 0.05) is 5.69 Å². The van der Waals surface area contributed by atoms with Crippen molar-refractivity contribution in [1.29, 1.82) is 0 Å². The molecule has 0 amide bonds. The lowest BCUT2D eigenvalue weighted by Crippen LogP contribution is -2.15. The Morgan fingerprint density at radius 3 is 2.52 bits per heavy atom. The van der Waals surface area contributed by atoms with Crippen LogP contribution in [0.3, 0.4) is 0 Å². The Hall–Kier alpha value is -2.43. The molecule has 0 aliphatic rings. The van der Waals surface area contributed by atoms with E-state index in [4.69, 9.17) is 0 Å². The molecule has 3 aromatic rings. The molecule has 3 rings (SSSR count). The Morgan fingerprint density at radius 2 is 1.78 bits per heavy atom. The Labute approximate surface area is 134 Å². The Balaban J connectivity index is 2.02. The molecule has 120 valence electrons. The highest BCUT2D eigenvalue weighted by Gasteiger charge is 2.22. The number of fused-ring (bicyclic) bond motifs is 1. The monoisotopic (exact) mass is 315 g/mol. The van der Waals surface area contributed by atoms with E-state index in [9.17, 15) is 8.78 Å². The fourth-order valence-electron chi connectivity index (χ4n) is 2.78. The second-order valence-electron chi connectivity index (χ2n) is 5.72. The highest BCUT2D eigenvalue weighted by molar-refractivity contribution is 5.76. The molecule has 0 unspecified atom stereocenters. The normalized spacial score (nSPS) is 12.8. The van der Waals surface area contributed by atoms with Gasteiger partial charge in [0.15, 0.2) is 0 Å². The van der Waals surface area contributed by atoms with Gasteiger partial charge in [0.1, 0.15) is 5.82 Å². The molecule has 5 heteroatoms. The van der Waals surface area contributed by atoms with Gasteiger partial charge in [-0.3, -0.25) is 4.57 Å². The standard InChI is InChI=1S/C18H19F2N3/c1-11-7-6-9-14(12(11)2)21-13(3)17-22-15-8-4-5-10-16(15)23(17)18(19)20/h4-10,13,18,21H,1-3H3/t13-/m1/s1. The Morgan fingerprint density at radius 1 is 1.04 bits per heavy atom. The number of rotatable bonds is 4. The quantitative estimate of drug-likeness (QED) is 0.715. The number of benzene rings is 2. The van der Waals surface area contributed by atoms with Crippen LogP contribution in [0.15, 0.2) is 42.5 Å². The van der Waals surface area contributed by atoms with E-state index in [-0.39, 0.29) is 6.04 Å². The zero-order chi connectivity index (χ0) is 16.6. The van der Waals surface area contributed by atoms with Crippen LogP contribution in [0.5, 0.6) is 0 Å². The summed E-state index contributed by atoms with van der Waals surface area (Å²) in [4.78, 5) is 4.40. The maximum absolute atomic E-state index is 13.5. The van der Waals surface area contributed by atoms with E-state index in [0.29, 0.717) is 16.9 Å². The number of imidazole rings is 1. The Kier molecular flexibility index (Phi) is 4.03. The van der Waals surface area contributed by atoms with Crippen molar-refractivity contribution in [3.8, 4) is 0 Å². The van der Waals surface area contributed by atoms with Crippen LogP contribution in [-0.4, -0.2) is 9.55 Å². The lowest BCUT2D eigenvalue weighted by atomic mass is 10.1. The van der Waals surface area contributed by atoms with E-state index in [1.165, 1.54) is 0 Å². The van der Waals surface area contributed by atoms with Crippen molar-refractivity contribution in [3.05, 3.63) is 59.4 Å². The molecule has 1 atom stereocenters. The molecular weight excluding hydrogens is 296 g/mol. The van der Waals surface area contributed by atoms with Crippen molar-refractivity contribution >= 4 is 16.7 Å². The first-order chi connectivity index (χ1) is 11.0. The van der Waals surface area contributed by atoms with E-state index in [2.05, 4.69) is 10.3 Å². The maximum Gasteiger partial charge on any atom is 0.320 e. The lowest BCUT2D eigenvalue weighted by molar-refractivity contribution is 0.0708. The molecule has 0 aliphatic heterocycles. The number of para-hydroxylation sites is 2. The Bertz CT molecular complexity index is 839. The zero-order valence-corrected chi connectivity index (χ0v) is 13.3.